The fraction of sp³-hybridized carbons (Fsp3) is 0.867. The van der Waals surface area contributed by atoms with Crippen molar-refractivity contribution in [3.63, 3.8) is 0 Å². The number of nitrogens with one attached hydrogen (secondary N) is 1. The molecule has 122 valence electrons. The Morgan fingerprint density at radius 2 is 2.10 bits per heavy atom. The predicted molar refractivity (Wildman–Crippen MR) is 79.9 cm³/mol. The van der Waals surface area contributed by atoms with E-state index in [9.17, 15) is 9.59 Å². The Hall–Kier alpha value is -1.14. The first-order chi connectivity index (χ1) is 9.78. The topological polar surface area (TPSA) is 67.9 Å². The molecule has 1 N–H and O–H groups in total. The van der Waals surface area contributed by atoms with Crippen LogP contribution in [0.15, 0.2) is 0 Å². The summed E-state index contributed by atoms with van der Waals surface area (Å²) in [6.45, 7) is 7.51. The van der Waals surface area contributed by atoms with E-state index >= 15 is 0 Å². The molecule has 0 bridgehead atoms. The molecule has 1 unspecified atom stereocenters. The fourth-order valence-corrected chi connectivity index (χ4v) is 2.10. The molecule has 1 rings (SSSR count). The van der Waals surface area contributed by atoms with Gasteiger partial charge >= 0.3 is 0 Å². The molecule has 21 heavy (non-hydrogen) atoms. The molecule has 2 amide bonds. The van der Waals surface area contributed by atoms with Gasteiger partial charge in [-0.05, 0) is 33.6 Å². The van der Waals surface area contributed by atoms with Crippen molar-refractivity contribution >= 4 is 11.8 Å². The van der Waals surface area contributed by atoms with Gasteiger partial charge in [-0.2, -0.15) is 0 Å². The standard InChI is InChI=1S/C15H28N2O4/c1-15(2,3)16-13(18)10-17(4)14(19)7-9-20-11-12-6-5-8-21-12/h12H,5-11H2,1-4H3,(H,16,18). The molecular formula is C15H28N2O4. The second-order valence-electron chi connectivity index (χ2n) is 6.51. The van der Waals surface area contributed by atoms with E-state index in [1.165, 1.54) is 4.90 Å². The van der Waals surface area contributed by atoms with Gasteiger partial charge in [0.25, 0.3) is 0 Å². The maximum absolute atomic E-state index is 11.9. The van der Waals surface area contributed by atoms with Gasteiger partial charge in [0.15, 0.2) is 0 Å². The summed E-state index contributed by atoms with van der Waals surface area (Å²) >= 11 is 0. The van der Waals surface area contributed by atoms with Crippen LogP contribution >= 0.6 is 0 Å². The Morgan fingerprint density at radius 3 is 2.67 bits per heavy atom. The van der Waals surface area contributed by atoms with Gasteiger partial charge in [-0.25, -0.2) is 0 Å². The maximum atomic E-state index is 11.9. The quantitative estimate of drug-likeness (QED) is 0.711. The highest BCUT2D eigenvalue weighted by Gasteiger charge is 2.18. The van der Waals surface area contributed by atoms with E-state index in [0.29, 0.717) is 13.2 Å². The molecule has 0 aromatic carbocycles. The van der Waals surface area contributed by atoms with Crippen molar-refractivity contribution in [1.29, 1.82) is 0 Å². The van der Waals surface area contributed by atoms with E-state index in [1.54, 1.807) is 7.05 Å². The molecule has 0 spiro atoms. The second kappa shape index (κ2) is 8.34. The Labute approximate surface area is 127 Å². The third-order valence-corrected chi connectivity index (χ3v) is 3.11. The highest BCUT2D eigenvalue weighted by molar-refractivity contribution is 5.84. The highest BCUT2D eigenvalue weighted by Crippen LogP contribution is 2.11. The van der Waals surface area contributed by atoms with Gasteiger partial charge in [0, 0.05) is 19.2 Å². The summed E-state index contributed by atoms with van der Waals surface area (Å²) in [5, 5.41) is 2.83. The molecule has 1 aliphatic heterocycles. The molecule has 1 atom stereocenters. The average Bonchev–Trinajstić information content (AvgIpc) is 2.84. The normalized spacial score (nSPS) is 18.6. The zero-order chi connectivity index (χ0) is 15.9. The van der Waals surface area contributed by atoms with Gasteiger partial charge < -0.3 is 19.7 Å². The molecule has 0 aromatic heterocycles. The Kier molecular flexibility index (Phi) is 7.11. The van der Waals surface area contributed by atoms with Gasteiger partial charge in [-0.3, -0.25) is 9.59 Å². The number of ether oxygens (including phenoxy) is 2. The second-order valence-corrected chi connectivity index (χ2v) is 6.51. The lowest BCUT2D eigenvalue weighted by atomic mass is 10.1. The molecule has 0 aliphatic carbocycles. The zero-order valence-corrected chi connectivity index (χ0v) is 13.6. The van der Waals surface area contributed by atoms with Crippen LogP contribution in [0.25, 0.3) is 0 Å². The van der Waals surface area contributed by atoms with Crippen LogP contribution in [0, 0.1) is 0 Å². The summed E-state index contributed by atoms with van der Waals surface area (Å²) in [6.07, 6.45) is 2.57. The predicted octanol–water partition coefficient (Wildman–Crippen LogP) is 0.945. The fourth-order valence-electron chi connectivity index (χ4n) is 2.10. The molecule has 0 aromatic rings. The van der Waals surface area contributed by atoms with E-state index in [2.05, 4.69) is 5.32 Å². The average molecular weight is 300 g/mol. The van der Waals surface area contributed by atoms with E-state index in [0.717, 1.165) is 19.4 Å². The van der Waals surface area contributed by atoms with Crippen LogP contribution in [-0.4, -0.2) is 61.8 Å². The minimum absolute atomic E-state index is 0.0713. The zero-order valence-electron chi connectivity index (χ0n) is 13.6. The number of rotatable bonds is 7. The van der Waals surface area contributed by atoms with Crippen molar-refractivity contribution in [1.82, 2.24) is 10.2 Å². The number of likely N-dealkylation sites (N-methyl/N-ethyl adjacent to an activating group) is 1. The number of hydrogen-bond donors (Lipinski definition) is 1. The first-order valence-corrected chi connectivity index (χ1v) is 7.52. The van der Waals surface area contributed by atoms with E-state index in [-0.39, 0.29) is 36.4 Å². The number of amides is 2. The van der Waals surface area contributed by atoms with Crippen molar-refractivity contribution < 1.29 is 19.1 Å². The third-order valence-electron chi connectivity index (χ3n) is 3.11. The van der Waals surface area contributed by atoms with Gasteiger partial charge in [0.1, 0.15) is 0 Å². The lowest BCUT2D eigenvalue weighted by Gasteiger charge is -2.23. The van der Waals surface area contributed by atoms with E-state index in [4.69, 9.17) is 9.47 Å². The van der Waals surface area contributed by atoms with Gasteiger partial charge in [-0.15, -0.1) is 0 Å². The monoisotopic (exact) mass is 300 g/mol. The van der Waals surface area contributed by atoms with Gasteiger partial charge in [-0.1, -0.05) is 0 Å². The number of hydrogen-bond acceptors (Lipinski definition) is 4. The van der Waals surface area contributed by atoms with Crippen molar-refractivity contribution in [2.75, 3.05) is 33.4 Å². The molecule has 6 nitrogen and oxygen atoms in total. The summed E-state index contributed by atoms with van der Waals surface area (Å²) in [5.74, 6) is -0.245. The van der Waals surface area contributed by atoms with E-state index in [1.807, 2.05) is 20.8 Å². The highest BCUT2D eigenvalue weighted by atomic mass is 16.5. The Balaban J connectivity index is 2.14. The van der Waals surface area contributed by atoms with Crippen LogP contribution in [0.5, 0.6) is 0 Å². The SMILES string of the molecule is CN(CC(=O)NC(C)(C)C)C(=O)CCOCC1CCCO1. The van der Waals surface area contributed by atoms with Crippen LogP contribution in [0.4, 0.5) is 0 Å². The molecule has 1 fully saturated rings. The minimum Gasteiger partial charge on any atom is -0.378 e. The lowest BCUT2D eigenvalue weighted by Crippen LogP contribution is -2.46. The summed E-state index contributed by atoms with van der Waals surface area (Å²) in [6, 6.07) is 0. The molecule has 0 radical (unpaired) electrons. The first kappa shape index (κ1) is 17.9. The molecule has 1 aliphatic rings. The summed E-state index contributed by atoms with van der Waals surface area (Å²) in [4.78, 5) is 25.0. The number of carbonyl (C=O) groups excluding carboxylic acids is 2. The third kappa shape index (κ3) is 8.02. The first-order valence-electron chi connectivity index (χ1n) is 7.52. The number of carbonyl (C=O) groups is 2. The Morgan fingerprint density at radius 1 is 1.38 bits per heavy atom. The summed E-state index contributed by atoms with van der Waals surface area (Å²) in [5.41, 5.74) is -0.286. The Bertz CT molecular complexity index is 346. The largest absolute Gasteiger partial charge is 0.378 e. The van der Waals surface area contributed by atoms with Gasteiger partial charge in [0.2, 0.25) is 11.8 Å². The van der Waals surface area contributed by atoms with Crippen LogP contribution in [0.3, 0.4) is 0 Å². The summed E-state index contributed by atoms with van der Waals surface area (Å²) < 4.78 is 10.9. The molecule has 6 heteroatoms. The van der Waals surface area contributed by atoms with Crippen LogP contribution < -0.4 is 5.32 Å². The van der Waals surface area contributed by atoms with Crippen molar-refractivity contribution in [2.24, 2.45) is 0 Å². The molecular weight excluding hydrogens is 272 g/mol. The van der Waals surface area contributed by atoms with Crippen molar-refractivity contribution in [3.05, 3.63) is 0 Å². The minimum atomic E-state index is -0.286. The van der Waals surface area contributed by atoms with Crippen LogP contribution in [0.1, 0.15) is 40.0 Å². The lowest BCUT2D eigenvalue weighted by molar-refractivity contribution is -0.136. The van der Waals surface area contributed by atoms with Crippen LogP contribution in [0.2, 0.25) is 0 Å². The van der Waals surface area contributed by atoms with Gasteiger partial charge in [0.05, 0.1) is 32.3 Å². The number of nitrogens with zero attached hydrogens (tertiary/aromatic N) is 1. The van der Waals surface area contributed by atoms with E-state index < -0.39 is 0 Å². The molecule has 0 saturated carbocycles. The maximum Gasteiger partial charge on any atom is 0.240 e. The molecule has 1 heterocycles. The molecule has 1 saturated heterocycles. The smallest absolute Gasteiger partial charge is 0.240 e. The van der Waals surface area contributed by atoms with Crippen molar-refractivity contribution in [3.8, 4) is 0 Å². The summed E-state index contributed by atoms with van der Waals surface area (Å²) in [7, 11) is 1.63. The van der Waals surface area contributed by atoms with Crippen molar-refractivity contribution in [2.45, 2.75) is 51.7 Å². The van der Waals surface area contributed by atoms with Crippen LogP contribution in [-0.2, 0) is 19.1 Å².